The van der Waals surface area contributed by atoms with Crippen LogP contribution in [0.3, 0.4) is 0 Å². The van der Waals surface area contributed by atoms with E-state index in [1.165, 1.54) is 0 Å². The smallest absolute Gasteiger partial charge is 0.139 e. The van der Waals surface area contributed by atoms with Crippen molar-refractivity contribution in [3.05, 3.63) is 23.8 Å². The fourth-order valence-corrected chi connectivity index (χ4v) is 3.39. The predicted molar refractivity (Wildman–Crippen MR) is 71.5 cm³/mol. The van der Waals surface area contributed by atoms with Gasteiger partial charge in [-0.3, -0.25) is 0 Å². The van der Waals surface area contributed by atoms with Crippen LogP contribution in [0.15, 0.2) is 18.2 Å². The summed E-state index contributed by atoms with van der Waals surface area (Å²) in [7, 11) is 3.19. The number of hydrogen-bond donors (Lipinski definition) is 1. The zero-order chi connectivity index (χ0) is 13.5. The topological polar surface area (TPSA) is 30.5 Å². The fraction of sp³-hybridized carbons (Fsp3) is 0.600. The van der Waals surface area contributed by atoms with Crippen LogP contribution < -0.4 is 14.8 Å². The number of piperidine rings is 1. The first-order chi connectivity index (χ1) is 9.13. The first-order valence-corrected chi connectivity index (χ1v) is 6.81. The molecule has 1 aromatic rings. The van der Waals surface area contributed by atoms with E-state index < -0.39 is 5.67 Å². The Kier molecular flexibility index (Phi) is 3.13. The highest BCUT2D eigenvalue weighted by Crippen LogP contribution is 2.45. The van der Waals surface area contributed by atoms with Crippen LogP contribution in [0.1, 0.15) is 31.2 Å². The lowest BCUT2D eigenvalue weighted by molar-refractivity contribution is 0.0868. The molecule has 0 spiro atoms. The van der Waals surface area contributed by atoms with Gasteiger partial charge in [0.25, 0.3) is 0 Å². The van der Waals surface area contributed by atoms with Crippen molar-refractivity contribution in [3.63, 3.8) is 0 Å². The zero-order valence-electron chi connectivity index (χ0n) is 11.4. The Labute approximate surface area is 113 Å². The quantitative estimate of drug-likeness (QED) is 0.911. The highest BCUT2D eigenvalue weighted by Gasteiger charge is 2.45. The van der Waals surface area contributed by atoms with Gasteiger partial charge in [0.05, 0.1) is 14.2 Å². The summed E-state index contributed by atoms with van der Waals surface area (Å²) >= 11 is 0. The summed E-state index contributed by atoms with van der Waals surface area (Å²) in [6.07, 6.45) is 3.24. The average Bonchev–Trinajstić information content (AvgIpc) is 2.77. The Morgan fingerprint density at radius 2 is 1.58 bits per heavy atom. The van der Waals surface area contributed by atoms with Crippen LogP contribution in [0.5, 0.6) is 11.5 Å². The predicted octanol–water partition coefficient (Wildman–Crippen LogP) is 2.78. The van der Waals surface area contributed by atoms with Gasteiger partial charge in [0, 0.05) is 31.0 Å². The highest BCUT2D eigenvalue weighted by atomic mass is 19.1. The molecule has 104 valence electrons. The monoisotopic (exact) mass is 265 g/mol. The van der Waals surface area contributed by atoms with Gasteiger partial charge in [-0.05, 0) is 30.5 Å². The summed E-state index contributed by atoms with van der Waals surface area (Å²) in [6, 6.07) is 5.99. The first kappa shape index (κ1) is 12.7. The van der Waals surface area contributed by atoms with E-state index >= 15 is 4.39 Å². The van der Waals surface area contributed by atoms with Crippen LogP contribution in [0, 0.1) is 0 Å². The van der Waals surface area contributed by atoms with Crippen molar-refractivity contribution in [2.75, 3.05) is 14.2 Å². The van der Waals surface area contributed by atoms with Gasteiger partial charge in [-0.2, -0.15) is 0 Å². The molecule has 2 fully saturated rings. The molecule has 2 heterocycles. The third kappa shape index (κ3) is 2.29. The summed E-state index contributed by atoms with van der Waals surface area (Å²) in [4.78, 5) is 0. The molecule has 0 aromatic heterocycles. The molecule has 2 bridgehead atoms. The van der Waals surface area contributed by atoms with Gasteiger partial charge in [-0.25, -0.2) is 4.39 Å². The fourth-order valence-electron chi connectivity index (χ4n) is 3.39. The molecule has 2 aliphatic heterocycles. The highest BCUT2D eigenvalue weighted by molar-refractivity contribution is 5.41. The molecule has 2 atom stereocenters. The Bertz CT molecular complexity index is 443. The Hall–Kier alpha value is -1.29. The van der Waals surface area contributed by atoms with Gasteiger partial charge in [-0.1, -0.05) is 0 Å². The minimum Gasteiger partial charge on any atom is -0.497 e. The van der Waals surface area contributed by atoms with Crippen LogP contribution >= 0.6 is 0 Å². The van der Waals surface area contributed by atoms with E-state index in [2.05, 4.69) is 5.32 Å². The van der Waals surface area contributed by atoms with E-state index in [0.717, 1.165) is 12.8 Å². The largest absolute Gasteiger partial charge is 0.497 e. The second kappa shape index (κ2) is 4.67. The van der Waals surface area contributed by atoms with Crippen LogP contribution in [0.2, 0.25) is 0 Å². The van der Waals surface area contributed by atoms with Crippen molar-refractivity contribution in [3.8, 4) is 11.5 Å². The van der Waals surface area contributed by atoms with Crippen molar-refractivity contribution in [1.29, 1.82) is 0 Å². The van der Waals surface area contributed by atoms with E-state index in [4.69, 9.17) is 9.47 Å². The maximum Gasteiger partial charge on any atom is 0.139 e. The number of nitrogens with one attached hydrogen (secondary N) is 1. The standard InChI is InChI=1S/C15H20FNO2/c1-18-13-5-10(6-14(7-13)19-2)15(16)8-11-3-4-12(9-15)17-11/h5-7,11-12,17H,3-4,8-9H2,1-2H3. The van der Waals surface area contributed by atoms with Gasteiger partial charge in [0.15, 0.2) is 0 Å². The van der Waals surface area contributed by atoms with Gasteiger partial charge < -0.3 is 14.8 Å². The molecule has 0 aliphatic carbocycles. The molecule has 1 N–H and O–H groups in total. The number of fused-ring (bicyclic) bond motifs is 2. The Morgan fingerprint density at radius 1 is 1.05 bits per heavy atom. The number of alkyl halides is 1. The molecule has 3 rings (SSSR count). The van der Waals surface area contributed by atoms with Gasteiger partial charge in [0.1, 0.15) is 17.2 Å². The van der Waals surface area contributed by atoms with Crippen LogP contribution in [-0.4, -0.2) is 26.3 Å². The van der Waals surface area contributed by atoms with E-state index in [-0.39, 0.29) is 0 Å². The zero-order valence-corrected chi connectivity index (χ0v) is 11.4. The molecule has 2 aliphatic rings. The number of halogens is 1. The van der Waals surface area contributed by atoms with Crippen LogP contribution in [0.25, 0.3) is 0 Å². The van der Waals surface area contributed by atoms with Crippen molar-refractivity contribution < 1.29 is 13.9 Å². The molecule has 3 nitrogen and oxygen atoms in total. The average molecular weight is 265 g/mol. The molecular formula is C15H20FNO2. The molecule has 1 aromatic carbocycles. The lowest BCUT2D eigenvalue weighted by Crippen LogP contribution is -2.44. The molecule has 0 amide bonds. The Morgan fingerprint density at radius 3 is 2.05 bits per heavy atom. The number of hydrogen-bond acceptors (Lipinski definition) is 3. The van der Waals surface area contributed by atoms with E-state index in [1.807, 2.05) is 0 Å². The summed E-state index contributed by atoms with van der Waals surface area (Å²) in [5, 5.41) is 3.47. The van der Waals surface area contributed by atoms with E-state index in [1.54, 1.807) is 32.4 Å². The maximum absolute atomic E-state index is 15.3. The minimum atomic E-state index is -1.26. The second-order valence-electron chi connectivity index (χ2n) is 5.61. The molecule has 2 unspecified atom stereocenters. The number of rotatable bonds is 3. The normalized spacial score (nSPS) is 33.2. The van der Waals surface area contributed by atoms with Crippen molar-refractivity contribution in [2.45, 2.75) is 43.4 Å². The lowest BCUT2D eigenvalue weighted by atomic mass is 9.83. The molecular weight excluding hydrogens is 245 g/mol. The molecule has 2 saturated heterocycles. The summed E-state index contributed by atoms with van der Waals surface area (Å²) in [5.41, 5.74) is -0.582. The van der Waals surface area contributed by atoms with E-state index in [9.17, 15) is 0 Å². The van der Waals surface area contributed by atoms with E-state index in [0.29, 0.717) is 42.0 Å². The Balaban J connectivity index is 1.96. The first-order valence-electron chi connectivity index (χ1n) is 6.81. The molecule has 0 radical (unpaired) electrons. The maximum atomic E-state index is 15.3. The van der Waals surface area contributed by atoms with Crippen molar-refractivity contribution in [2.24, 2.45) is 0 Å². The molecule has 19 heavy (non-hydrogen) atoms. The summed E-state index contributed by atoms with van der Waals surface area (Å²) in [5.74, 6) is 1.30. The number of benzene rings is 1. The number of methoxy groups -OCH3 is 2. The van der Waals surface area contributed by atoms with Gasteiger partial charge in [0.2, 0.25) is 0 Å². The summed E-state index contributed by atoms with van der Waals surface area (Å²) < 4.78 is 25.8. The van der Waals surface area contributed by atoms with Crippen molar-refractivity contribution in [1.82, 2.24) is 5.32 Å². The minimum absolute atomic E-state index is 0.306. The van der Waals surface area contributed by atoms with Gasteiger partial charge >= 0.3 is 0 Å². The third-order valence-electron chi connectivity index (χ3n) is 4.34. The van der Waals surface area contributed by atoms with Crippen molar-refractivity contribution >= 4 is 0 Å². The lowest BCUT2D eigenvalue weighted by Gasteiger charge is -2.35. The van der Waals surface area contributed by atoms with Gasteiger partial charge in [-0.15, -0.1) is 0 Å². The third-order valence-corrected chi connectivity index (χ3v) is 4.34. The van der Waals surface area contributed by atoms with Crippen LogP contribution in [0.4, 0.5) is 4.39 Å². The number of ether oxygens (including phenoxy) is 2. The summed E-state index contributed by atoms with van der Waals surface area (Å²) in [6.45, 7) is 0. The second-order valence-corrected chi connectivity index (χ2v) is 5.61. The molecule has 0 saturated carbocycles. The SMILES string of the molecule is COc1cc(OC)cc(C2(F)CC3CCC(C2)N3)c1. The van der Waals surface area contributed by atoms with Crippen LogP contribution in [-0.2, 0) is 5.67 Å². The molecule has 4 heteroatoms.